The van der Waals surface area contributed by atoms with Gasteiger partial charge in [-0.25, -0.2) is 4.79 Å². The minimum atomic E-state index is -0.890. The van der Waals surface area contributed by atoms with Gasteiger partial charge in [0.15, 0.2) is 0 Å². The highest BCUT2D eigenvalue weighted by Crippen LogP contribution is 2.14. The fourth-order valence-corrected chi connectivity index (χ4v) is 3.64. The van der Waals surface area contributed by atoms with Gasteiger partial charge in [0.05, 0.1) is 17.1 Å². The Labute approximate surface area is 199 Å². The molecule has 0 saturated heterocycles. The molecule has 0 saturated carbocycles. The molecule has 0 spiro atoms. The molecule has 0 aliphatic carbocycles. The van der Waals surface area contributed by atoms with E-state index >= 15 is 0 Å². The normalized spacial score (nSPS) is 11.9. The lowest BCUT2D eigenvalue weighted by Gasteiger charge is -2.12. The standard InChI is InChI=1S/C26H43NO6/c1-2-3-4-5-6-7-8-9-10-11-12-13-14-15-20-32-21-25(28)22-33-26(29)23-16-18-24(19-17-23)27(30)31/h16-19,25,28H,2-15,20-22H2,1H3/t25-/m1/s1. The number of non-ortho nitro benzene ring substituents is 1. The van der Waals surface area contributed by atoms with E-state index in [1.54, 1.807) is 0 Å². The Kier molecular flexibility index (Phi) is 17.1. The van der Waals surface area contributed by atoms with Crippen molar-refractivity contribution >= 4 is 11.7 Å². The number of hydrogen-bond donors (Lipinski definition) is 1. The Balaban J connectivity index is 1.89. The predicted molar refractivity (Wildman–Crippen MR) is 131 cm³/mol. The Morgan fingerprint density at radius 1 is 0.848 bits per heavy atom. The third kappa shape index (κ3) is 15.5. The molecule has 7 heteroatoms. The van der Waals surface area contributed by atoms with Crippen LogP contribution in [0.1, 0.15) is 107 Å². The van der Waals surface area contributed by atoms with E-state index < -0.39 is 17.0 Å². The van der Waals surface area contributed by atoms with Gasteiger partial charge in [-0.1, -0.05) is 90.4 Å². The van der Waals surface area contributed by atoms with Gasteiger partial charge < -0.3 is 14.6 Å². The SMILES string of the molecule is CCCCCCCCCCCCCCCCOC[C@@H](O)COC(=O)c1ccc([N+](=O)[O-])cc1. The fourth-order valence-electron chi connectivity index (χ4n) is 3.64. The quantitative estimate of drug-likeness (QED) is 0.0949. The van der Waals surface area contributed by atoms with Crippen LogP contribution in [0.15, 0.2) is 24.3 Å². The molecule has 1 aromatic rings. The van der Waals surface area contributed by atoms with E-state index in [-0.39, 0.29) is 24.5 Å². The number of carbonyl (C=O) groups is 1. The van der Waals surface area contributed by atoms with E-state index in [9.17, 15) is 20.0 Å². The minimum absolute atomic E-state index is 0.0940. The summed E-state index contributed by atoms with van der Waals surface area (Å²) in [5.74, 6) is -0.629. The summed E-state index contributed by atoms with van der Waals surface area (Å²) >= 11 is 0. The van der Waals surface area contributed by atoms with Crippen molar-refractivity contribution in [3.05, 3.63) is 39.9 Å². The number of ether oxygens (including phenoxy) is 2. The Morgan fingerprint density at radius 2 is 1.33 bits per heavy atom. The molecule has 0 fully saturated rings. The second-order valence-electron chi connectivity index (χ2n) is 8.73. The van der Waals surface area contributed by atoms with E-state index in [4.69, 9.17) is 9.47 Å². The van der Waals surface area contributed by atoms with Gasteiger partial charge in [-0.2, -0.15) is 0 Å². The van der Waals surface area contributed by atoms with E-state index in [0.717, 1.165) is 12.8 Å². The van der Waals surface area contributed by atoms with E-state index in [2.05, 4.69) is 6.92 Å². The molecule has 0 aliphatic heterocycles. The molecule has 0 bridgehead atoms. The number of esters is 1. The lowest BCUT2D eigenvalue weighted by molar-refractivity contribution is -0.384. The summed E-state index contributed by atoms with van der Waals surface area (Å²) in [5.41, 5.74) is 0.111. The van der Waals surface area contributed by atoms with Gasteiger partial charge in [0.2, 0.25) is 0 Å². The van der Waals surface area contributed by atoms with Crippen LogP contribution in [0.4, 0.5) is 5.69 Å². The van der Waals surface area contributed by atoms with Crippen molar-refractivity contribution in [3.63, 3.8) is 0 Å². The van der Waals surface area contributed by atoms with Crippen LogP contribution >= 0.6 is 0 Å². The second kappa shape index (κ2) is 19.5. The summed E-state index contributed by atoms with van der Waals surface area (Å²) in [4.78, 5) is 22.0. The molecular weight excluding hydrogens is 422 g/mol. The van der Waals surface area contributed by atoms with Crippen LogP contribution in [0.3, 0.4) is 0 Å². The summed E-state index contributed by atoms with van der Waals surface area (Å²) in [6, 6.07) is 5.15. The number of carbonyl (C=O) groups excluding carboxylic acids is 1. The molecule has 188 valence electrons. The van der Waals surface area contributed by atoms with Crippen LogP contribution in [-0.4, -0.2) is 41.9 Å². The van der Waals surface area contributed by atoms with Crippen LogP contribution in [0.2, 0.25) is 0 Å². The molecule has 7 nitrogen and oxygen atoms in total. The number of aliphatic hydroxyl groups is 1. The zero-order chi connectivity index (χ0) is 24.2. The monoisotopic (exact) mass is 465 g/mol. The molecule has 0 heterocycles. The average molecular weight is 466 g/mol. The molecule has 33 heavy (non-hydrogen) atoms. The Hall–Kier alpha value is -1.99. The highest BCUT2D eigenvalue weighted by Gasteiger charge is 2.13. The van der Waals surface area contributed by atoms with Gasteiger partial charge in [0, 0.05) is 18.7 Å². The number of rotatable bonds is 21. The lowest BCUT2D eigenvalue weighted by Crippen LogP contribution is -2.24. The van der Waals surface area contributed by atoms with Crippen molar-refractivity contribution in [2.24, 2.45) is 0 Å². The van der Waals surface area contributed by atoms with Crippen molar-refractivity contribution in [1.29, 1.82) is 0 Å². The van der Waals surface area contributed by atoms with Crippen molar-refractivity contribution in [1.82, 2.24) is 0 Å². The van der Waals surface area contributed by atoms with Gasteiger partial charge in [-0.3, -0.25) is 10.1 Å². The maximum atomic E-state index is 11.9. The first-order valence-corrected chi connectivity index (χ1v) is 12.7. The number of aliphatic hydroxyl groups excluding tert-OH is 1. The molecule has 1 aromatic carbocycles. The third-order valence-corrected chi connectivity index (χ3v) is 5.67. The molecule has 1 rings (SSSR count). The molecule has 0 aromatic heterocycles. The summed E-state index contributed by atoms with van der Waals surface area (Å²) in [7, 11) is 0. The van der Waals surface area contributed by atoms with E-state index in [0.29, 0.717) is 6.61 Å². The molecular formula is C26H43NO6. The van der Waals surface area contributed by atoms with Crippen LogP contribution in [-0.2, 0) is 9.47 Å². The van der Waals surface area contributed by atoms with Crippen LogP contribution in [0, 0.1) is 10.1 Å². The van der Waals surface area contributed by atoms with Gasteiger partial charge in [-0.05, 0) is 18.6 Å². The van der Waals surface area contributed by atoms with Crippen LogP contribution in [0.25, 0.3) is 0 Å². The smallest absolute Gasteiger partial charge is 0.338 e. The highest BCUT2D eigenvalue weighted by molar-refractivity contribution is 5.89. The number of nitrogens with zero attached hydrogens (tertiary/aromatic N) is 1. The Morgan fingerprint density at radius 3 is 1.82 bits per heavy atom. The maximum Gasteiger partial charge on any atom is 0.338 e. The zero-order valence-corrected chi connectivity index (χ0v) is 20.3. The number of unbranched alkanes of at least 4 members (excludes halogenated alkanes) is 13. The van der Waals surface area contributed by atoms with Crippen molar-refractivity contribution in [2.45, 2.75) is 103 Å². The second-order valence-corrected chi connectivity index (χ2v) is 8.73. The summed E-state index contributed by atoms with van der Waals surface area (Å²) in [6.45, 7) is 2.79. The molecule has 0 radical (unpaired) electrons. The van der Waals surface area contributed by atoms with Crippen molar-refractivity contribution in [2.75, 3.05) is 19.8 Å². The number of nitro groups is 1. The zero-order valence-electron chi connectivity index (χ0n) is 20.3. The molecule has 0 aliphatic rings. The first-order chi connectivity index (χ1) is 16.0. The molecule has 0 unspecified atom stereocenters. The van der Waals surface area contributed by atoms with Crippen LogP contribution < -0.4 is 0 Å². The lowest BCUT2D eigenvalue weighted by atomic mass is 10.0. The van der Waals surface area contributed by atoms with E-state index in [1.165, 1.54) is 101 Å². The third-order valence-electron chi connectivity index (χ3n) is 5.67. The number of nitro benzene ring substituents is 1. The fraction of sp³-hybridized carbons (Fsp3) is 0.731. The van der Waals surface area contributed by atoms with Gasteiger partial charge in [0.1, 0.15) is 12.7 Å². The number of benzene rings is 1. The molecule has 0 amide bonds. The average Bonchev–Trinajstić information content (AvgIpc) is 2.82. The maximum absolute atomic E-state index is 11.9. The molecule has 1 N–H and O–H groups in total. The highest BCUT2D eigenvalue weighted by atomic mass is 16.6. The van der Waals surface area contributed by atoms with E-state index in [1.807, 2.05) is 0 Å². The predicted octanol–water partition coefficient (Wildman–Crippen LogP) is 6.61. The topological polar surface area (TPSA) is 98.9 Å². The molecule has 1 atom stereocenters. The summed E-state index contributed by atoms with van der Waals surface area (Å²) in [5, 5.41) is 20.5. The van der Waals surface area contributed by atoms with Crippen molar-refractivity contribution in [3.8, 4) is 0 Å². The van der Waals surface area contributed by atoms with Crippen LogP contribution in [0.5, 0.6) is 0 Å². The van der Waals surface area contributed by atoms with Gasteiger partial charge in [0.25, 0.3) is 5.69 Å². The van der Waals surface area contributed by atoms with Crippen molar-refractivity contribution < 1.29 is 24.3 Å². The largest absolute Gasteiger partial charge is 0.459 e. The van der Waals surface area contributed by atoms with Gasteiger partial charge in [-0.15, -0.1) is 0 Å². The van der Waals surface area contributed by atoms with Gasteiger partial charge >= 0.3 is 5.97 Å². The first kappa shape index (κ1) is 29.0. The Bertz CT molecular complexity index is 634. The summed E-state index contributed by atoms with van der Waals surface area (Å²) < 4.78 is 10.5. The number of hydrogen-bond acceptors (Lipinski definition) is 6. The first-order valence-electron chi connectivity index (χ1n) is 12.7. The minimum Gasteiger partial charge on any atom is -0.459 e. The summed E-state index contributed by atoms with van der Waals surface area (Å²) in [6.07, 6.45) is 17.4.